The Morgan fingerprint density at radius 3 is 1.84 bits per heavy atom. The molecule has 0 unspecified atom stereocenters. The van der Waals surface area contributed by atoms with Crippen molar-refractivity contribution >= 4 is 21.8 Å². The fraction of sp³-hybridized carbons (Fsp3) is 0.900. The van der Waals surface area contributed by atoms with E-state index in [0.717, 1.165) is 18.2 Å². The lowest BCUT2D eigenvalue weighted by atomic mass is 10.1. The molecule has 0 heterocycles. The number of carbonyl (C=O) groups excluding carboxylic acids is 1. The van der Waals surface area contributed by atoms with E-state index in [4.69, 9.17) is 0 Å². The van der Waals surface area contributed by atoms with Crippen LogP contribution in [0.5, 0.6) is 0 Å². The Labute approximate surface area is 115 Å². The maximum atomic E-state index is 12.2. The number of carbonyl (C=O) groups is 1. The fourth-order valence-electron chi connectivity index (χ4n) is 1.37. The van der Waals surface area contributed by atoms with Gasteiger partial charge in [-0.05, 0) is 12.8 Å². The summed E-state index contributed by atoms with van der Waals surface area (Å²) in [5, 5.41) is 2.46. The maximum Gasteiger partial charge on any atom is 0.409 e. The molecule has 1 N–H and O–H groups in total. The van der Waals surface area contributed by atoms with Gasteiger partial charge in [-0.3, -0.25) is 4.79 Å². The van der Waals surface area contributed by atoms with Crippen LogP contribution >= 0.6 is 15.9 Å². The van der Waals surface area contributed by atoms with E-state index in [9.17, 15) is 31.1 Å². The number of halogens is 7. The molecule has 0 radical (unpaired) electrons. The first kappa shape index (κ1) is 18.5. The topological polar surface area (TPSA) is 29.1 Å². The van der Waals surface area contributed by atoms with Gasteiger partial charge in [-0.2, -0.15) is 26.3 Å². The van der Waals surface area contributed by atoms with Crippen molar-refractivity contribution in [1.29, 1.82) is 0 Å². The van der Waals surface area contributed by atoms with E-state index in [1.807, 2.05) is 0 Å². The maximum absolute atomic E-state index is 12.2. The molecule has 9 heteroatoms. The van der Waals surface area contributed by atoms with E-state index in [2.05, 4.69) is 15.9 Å². The zero-order valence-electron chi connectivity index (χ0n) is 9.87. The highest BCUT2D eigenvalue weighted by Gasteiger charge is 2.60. The van der Waals surface area contributed by atoms with Gasteiger partial charge in [-0.25, -0.2) is 0 Å². The van der Waals surface area contributed by atoms with E-state index >= 15 is 0 Å². The third kappa shape index (κ3) is 7.64. The number of alkyl halides is 7. The SMILES string of the molecule is O=C(NCCCCCCBr)C(C(F)(F)F)C(F)(F)F. The van der Waals surface area contributed by atoms with Crippen LogP contribution in [0.25, 0.3) is 0 Å². The van der Waals surface area contributed by atoms with Gasteiger partial charge in [0.25, 0.3) is 0 Å². The molecule has 2 nitrogen and oxygen atoms in total. The molecule has 1 amide bonds. The van der Waals surface area contributed by atoms with Crippen molar-refractivity contribution in [2.24, 2.45) is 5.92 Å². The molecule has 0 saturated carbocycles. The van der Waals surface area contributed by atoms with Crippen LogP contribution in [0.1, 0.15) is 25.7 Å². The Hall–Kier alpha value is -0.470. The number of amides is 1. The van der Waals surface area contributed by atoms with Crippen LogP contribution in [-0.4, -0.2) is 30.1 Å². The van der Waals surface area contributed by atoms with Gasteiger partial charge in [-0.15, -0.1) is 0 Å². The second-order valence-electron chi connectivity index (χ2n) is 3.91. The van der Waals surface area contributed by atoms with Crippen molar-refractivity contribution in [2.45, 2.75) is 38.0 Å². The predicted octanol–water partition coefficient (Wildman–Crippen LogP) is 3.80. The first-order valence-corrected chi connectivity index (χ1v) is 6.70. The van der Waals surface area contributed by atoms with Gasteiger partial charge in [0.1, 0.15) is 0 Å². The molecular weight excluding hydrogens is 344 g/mol. The summed E-state index contributed by atoms with van der Waals surface area (Å²) in [4.78, 5) is 11.0. The zero-order chi connectivity index (χ0) is 15.1. The molecule has 0 rings (SSSR count). The summed E-state index contributed by atoms with van der Waals surface area (Å²) in [7, 11) is 0. The lowest BCUT2D eigenvalue weighted by Gasteiger charge is -2.22. The van der Waals surface area contributed by atoms with Gasteiger partial charge in [-0.1, -0.05) is 28.8 Å². The molecule has 0 aliphatic heterocycles. The second-order valence-corrected chi connectivity index (χ2v) is 4.70. The Morgan fingerprint density at radius 1 is 0.947 bits per heavy atom. The molecule has 0 fully saturated rings. The second kappa shape index (κ2) is 7.96. The molecule has 0 aromatic heterocycles. The molecule has 19 heavy (non-hydrogen) atoms. The molecule has 0 aliphatic carbocycles. The largest absolute Gasteiger partial charge is 0.409 e. The van der Waals surface area contributed by atoms with Crippen molar-refractivity contribution in [2.75, 3.05) is 11.9 Å². The van der Waals surface area contributed by atoms with E-state index < -0.39 is 24.2 Å². The minimum absolute atomic E-state index is 0.191. The van der Waals surface area contributed by atoms with Crippen molar-refractivity contribution < 1.29 is 31.1 Å². The molecule has 0 aliphatic rings. The Bertz CT molecular complexity index is 264. The third-order valence-electron chi connectivity index (χ3n) is 2.28. The summed E-state index contributed by atoms with van der Waals surface area (Å²) in [5.74, 6) is -6.00. The Kier molecular flexibility index (Phi) is 7.76. The minimum atomic E-state index is -5.63. The number of rotatable bonds is 7. The summed E-state index contributed by atoms with van der Waals surface area (Å²) < 4.78 is 72.9. The lowest BCUT2D eigenvalue weighted by molar-refractivity contribution is -0.274. The van der Waals surface area contributed by atoms with Gasteiger partial charge in [0.05, 0.1) is 0 Å². The number of hydrogen-bond donors (Lipinski definition) is 1. The fourth-order valence-corrected chi connectivity index (χ4v) is 1.77. The number of nitrogens with one attached hydrogen (secondary N) is 1. The molecule has 0 saturated heterocycles. The number of hydrogen-bond acceptors (Lipinski definition) is 1. The minimum Gasteiger partial charge on any atom is -0.355 e. The smallest absolute Gasteiger partial charge is 0.355 e. The highest BCUT2D eigenvalue weighted by molar-refractivity contribution is 9.09. The van der Waals surface area contributed by atoms with E-state index in [0.29, 0.717) is 12.8 Å². The van der Waals surface area contributed by atoms with E-state index in [1.165, 1.54) is 0 Å². The summed E-state index contributed by atoms with van der Waals surface area (Å²) in [5.41, 5.74) is 0. The summed E-state index contributed by atoms with van der Waals surface area (Å²) in [6, 6.07) is 0. The van der Waals surface area contributed by atoms with Gasteiger partial charge >= 0.3 is 12.4 Å². The summed E-state index contributed by atoms with van der Waals surface area (Å²) in [6.45, 7) is -0.191. The standard InChI is InChI=1S/C10H14BrF6NO/c11-5-3-1-2-4-6-18-8(19)7(9(12,13)14)10(15,16)17/h7H,1-6H2,(H,18,19). The highest BCUT2D eigenvalue weighted by Crippen LogP contribution is 2.39. The average molecular weight is 358 g/mol. The van der Waals surface area contributed by atoms with E-state index in [1.54, 1.807) is 5.32 Å². The molecule has 0 aromatic rings. The summed E-state index contributed by atoms with van der Waals surface area (Å²) >= 11 is 3.18. The van der Waals surface area contributed by atoms with Crippen LogP contribution in [0.2, 0.25) is 0 Å². The Balaban J connectivity index is 4.22. The zero-order valence-corrected chi connectivity index (χ0v) is 11.5. The first-order valence-electron chi connectivity index (χ1n) is 5.57. The predicted molar refractivity (Wildman–Crippen MR) is 60.9 cm³/mol. The van der Waals surface area contributed by atoms with Gasteiger partial charge in [0, 0.05) is 11.9 Å². The number of unbranched alkanes of at least 4 members (excludes halogenated alkanes) is 3. The van der Waals surface area contributed by atoms with Crippen molar-refractivity contribution in [3.8, 4) is 0 Å². The van der Waals surface area contributed by atoms with Crippen LogP contribution in [0.3, 0.4) is 0 Å². The van der Waals surface area contributed by atoms with Gasteiger partial charge in [0.2, 0.25) is 11.8 Å². The van der Waals surface area contributed by atoms with Gasteiger partial charge < -0.3 is 5.32 Å². The molecular formula is C10H14BrF6NO. The van der Waals surface area contributed by atoms with Crippen LogP contribution in [0, 0.1) is 5.92 Å². The van der Waals surface area contributed by atoms with Crippen molar-refractivity contribution in [1.82, 2.24) is 5.32 Å². The average Bonchev–Trinajstić information content (AvgIpc) is 2.18. The molecule has 0 aromatic carbocycles. The van der Waals surface area contributed by atoms with Crippen LogP contribution < -0.4 is 5.32 Å². The third-order valence-corrected chi connectivity index (χ3v) is 2.84. The molecule has 0 spiro atoms. The van der Waals surface area contributed by atoms with Crippen molar-refractivity contribution in [3.05, 3.63) is 0 Å². The Morgan fingerprint density at radius 2 is 1.42 bits per heavy atom. The first-order chi connectivity index (χ1) is 8.60. The lowest BCUT2D eigenvalue weighted by Crippen LogP contribution is -2.48. The highest BCUT2D eigenvalue weighted by atomic mass is 79.9. The molecule has 0 atom stereocenters. The summed E-state index contributed by atoms with van der Waals surface area (Å²) in [6.07, 6.45) is -8.61. The normalized spacial score (nSPS) is 12.8. The van der Waals surface area contributed by atoms with Crippen LogP contribution in [0.15, 0.2) is 0 Å². The monoisotopic (exact) mass is 357 g/mol. The van der Waals surface area contributed by atoms with Gasteiger partial charge in [0.15, 0.2) is 0 Å². The quantitative estimate of drug-likeness (QED) is 0.419. The van der Waals surface area contributed by atoms with E-state index in [-0.39, 0.29) is 6.54 Å². The van der Waals surface area contributed by atoms with Crippen LogP contribution in [0.4, 0.5) is 26.3 Å². The molecule has 114 valence electrons. The van der Waals surface area contributed by atoms with Crippen LogP contribution in [-0.2, 0) is 4.79 Å². The van der Waals surface area contributed by atoms with Crippen molar-refractivity contribution in [3.63, 3.8) is 0 Å². The molecule has 0 bridgehead atoms.